The molecule has 0 amide bonds. The van der Waals surface area contributed by atoms with Crippen molar-refractivity contribution in [1.82, 2.24) is 0 Å². The number of aliphatic hydroxyl groups excluding tert-OH is 3. The van der Waals surface area contributed by atoms with Crippen LogP contribution in [-0.4, -0.2) is 46.5 Å². The fourth-order valence-electron chi connectivity index (χ4n) is 0.918. The molecule has 0 bridgehead atoms. The molecule has 0 spiro atoms. The Morgan fingerprint density at radius 3 is 2.20 bits per heavy atom. The third kappa shape index (κ3) is 1.14. The molecule has 1 aliphatic rings. The molecule has 1 aliphatic heterocycles. The molecule has 0 aromatic rings. The standard InChI is InChI=1S/C5H11NO4/c6-3-4(8)2(1-7)10-5(3)9/h2-5,7-9H,1,6H2/t2-,3-,4+,5+/m1/s1. The molecule has 5 N–H and O–H groups in total. The van der Waals surface area contributed by atoms with E-state index in [9.17, 15) is 0 Å². The van der Waals surface area contributed by atoms with Crippen LogP contribution in [0.4, 0.5) is 0 Å². The van der Waals surface area contributed by atoms with Crippen LogP contribution in [0, 0.1) is 0 Å². The van der Waals surface area contributed by atoms with E-state index in [1.54, 1.807) is 0 Å². The lowest BCUT2D eigenvalue weighted by Gasteiger charge is -2.10. The van der Waals surface area contributed by atoms with Crippen LogP contribution in [0.3, 0.4) is 0 Å². The number of aliphatic hydroxyl groups is 3. The number of nitrogens with two attached hydrogens (primary N) is 1. The summed E-state index contributed by atoms with van der Waals surface area (Å²) in [4.78, 5) is 0. The van der Waals surface area contributed by atoms with Crippen molar-refractivity contribution in [1.29, 1.82) is 0 Å². The molecular formula is C5H11NO4. The zero-order chi connectivity index (χ0) is 7.72. The van der Waals surface area contributed by atoms with Gasteiger partial charge in [-0.15, -0.1) is 0 Å². The Hall–Kier alpha value is -0.200. The number of hydrogen-bond acceptors (Lipinski definition) is 5. The Labute approximate surface area is 58.0 Å². The van der Waals surface area contributed by atoms with E-state index in [1.165, 1.54) is 0 Å². The van der Waals surface area contributed by atoms with E-state index < -0.39 is 24.5 Å². The Kier molecular flexibility index (Phi) is 2.22. The van der Waals surface area contributed by atoms with Gasteiger partial charge in [0.25, 0.3) is 0 Å². The van der Waals surface area contributed by atoms with E-state index in [0.717, 1.165) is 0 Å². The average molecular weight is 149 g/mol. The first kappa shape index (κ1) is 7.90. The Morgan fingerprint density at radius 2 is 2.00 bits per heavy atom. The van der Waals surface area contributed by atoms with Crippen molar-refractivity contribution in [2.45, 2.75) is 24.5 Å². The normalized spacial score (nSPS) is 48.0. The first-order valence-electron chi connectivity index (χ1n) is 3.05. The monoisotopic (exact) mass is 149 g/mol. The highest BCUT2D eigenvalue weighted by atomic mass is 16.6. The lowest BCUT2D eigenvalue weighted by atomic mass is 10.1. The van der Waals surface area contributed by atoms with E-state index in [0.29, 0.717) is 0 Å². The van der Waals surface area contributed by atoms with Crippen LogP contribution >= 0.6 is 0 Å². The van der Waals surface area contributed by atoms with Gasteiger partial charge in [0.05, 0.1) is 12.6 Å². The van der Waals surface area contributed by atoms with Gasteiger partial charge in [0, 0.05) is 0 Å². The summed E-state index contributed by atoms with van der Waals surface area (Å²) in [5.41, 5.74) is 5.25. The Morgan fingerprint density at radius 1 is 1.40 bits per heavy atom. The third-order valence-corrected chi connectivity index (χ3v) is 1.60. The van der Waals surface area contributed by atoms with Gasteiger partial charge in [-0.2, -0.15) is 0 Å². The molecule has 0 aromatic carbocycles. The molecule has 5 heteroatoms. The smallest absolute Gasteiger partial charge is 0.172 e. The summed E-state index contributed by atoms with van der Waals surface area (Å²) in [5.74, 6) is 0. The summed E-state index contributed by atoms with van der Waals surface area (Å²) in [6, 6.07) is -0.808. The van der Waals surface area contributed by atoms with E-state index in [4.69, 9.17) is 21.1 Å². The highest BCUT2D eigenvalue weighted by Gasteiger charge is 2.39. The second-order valence-electron chi connectivity index (χ2n) is 2.32. The van der Waals surface area contributed by atoms with E-state index >= 15 is 0 Å². The zero-order valence-corrected chi connectivity index (χ0v) is 5.34. The van der Waals surface area contributed by atoms with Crippen LogP contribution in [-0.2, 0) is 4.74 Å². The lowest BCUT2D eigenvalue weighted by molar-refractivity contribution is -0.110. The number of rotatable bonds is 1. The Balaban J connectivity index is 2.53. The summed E-state index contributed by atoms with van der Waals surface area (Å²) in [6.45, 7) is -0.327. The molecule has 60 valence electrons. The van der Waals surface area contributed by atoms with Crippen molar-refractivity contribution in [2.75, 3.05) is 6.61 Å². The summed E-state index contributed by atoms with van der Waals surface area (Å²) in [5, 5.41) is 26.4. The lowest BCUT2D eigenvalue weighted by Crippen LogP contribution is -2.40. The van der Waals surface area contributed by atoms with Gasteiger partial charge in [-0.05, 0) is 0 Å². The second kappa shape index (κ2) is 2.81. The van der Waals surface area contributed by atoms with Crippen molar-refractivity contribution in [3.05, 3.63) is 0 Å². The largest absolute Gasteiger partial charge is 0.394 e. The van der Waals surface area contributed by atoms with Gasteiger partial charge in [-0.3, -0.25) is 0 Å². The molecule has 0 saturated carbocycles. The average Bonchev–Trinajstić information content (AvgIpc) is 2.17. The quantitative estimate of drug-likeness (QED) is 0.327. The maximum absolute atomic E-state index is 9.06. The van der Waals surface area contributed by atoms with Crippen LogP contribution in [0.1, 0.15) is 0 Å². The Bertz CT molecular complexity index is 120. The van der Waals surface area contributed by atoms with Gasteiger partial charge < -0.3 is 25.8 Å². The van der Waals surface area contributed by atoms with Crippen LogP contribution in [0.5, 0.6) is 0 Å². The zero-order valence-electron chi connectivity index (χ0n) is 5.34. The second-order valence-corrected chi connectivity index (χ2v) is 2.32. The summed E-state index contributed by atoms with van der Waals surface area (Å²) >= 11 is 0. The fraction of sp³-hybridized carbons (Fsp3) is 1.00. The molecule has 1 fully saturated rings. The summed E-state index contributed by atoms with van der Waals surface area (Å²) < 4.78 is 4.67. The van der Waals surface area contributed by atoms with Crippen LogP contribution in [0.25, 0.3) is 0 Å². The predicted octanol–water partition coefficient (Wildman–Crippen LogP) is -2.62. The first-order valence-corrected chi connectivity index (χ1v) is 3.05. The molecule has 1 saturated heterocycles. The minimum atomic E-state index is -1.16. The summed E-state index contributed by atoms with van der Waals surface area (Å²) in [6.07, 6.45) is -2.88. The number of hydrogen-bond donors (Lipinski definition) is 4. The highest BCUT2D eigenvalue weighted by Crippen LogP contribution is 2.16. The van der Waals surface area contributed by atoms with Gasteiger partial charge in [0.2, 0.25) is 0 Å². The summed E-state index contributed by atoms with van der Waals surface area (Å²) in [7, 11) is 0. The fourth-order valence-corrected chi connectivity index (χ4v) is 0.918. The molecule has 1 heterocycles. The van der Waals surface area contributed by atoms with Crippen molar-refractivity contribution in [2.24, 2.45) is 5.73 Å². The van der Waals surface area contributed by atoms with Gasteiger partial charge in [-0.1, -0.05) is 0 Å². The maximum atomic E-state index is 9.06. The van der Waals surface area contributed by atoms with Gasteiger partial charge in [0.15, 0.2) is 6.29 Å². The van der Waals surface area contributed by atoms with Gasteiger partial charge in [0.1, 0.15) is 12.2 Å². The SMILES string of the molecule is N[C@@H]1[C@@H](O)[C@@H](CO)O[C@@H]1O. The molecule has 4 atom stereocenters. The van der Waals surface area contributed by atoms with Crippen molar-refractivity contribution in [3.8, 4) is 0 Å². The van der Waals surface area contributed by atoms with Gasteiger partial charge in [-0.25, -0.2) is 0 Å². The molecule has 0 aliphatic carbocycles. The van der Waals surface area contributed by atoms with Crippen molar-refractivity contribution < 1.29 is 20.1 Å². The molecule has 1 rings (SSSR count). The molecule has 10 heavy (non-hydrogen) atoms. The maximum Gasteiger partial charge on any atom is 0.172 e. The topological polar surface area (TPSA) is 95.9 Å². The minimum Gasteiger partial charge on any atom is -0.394 e. The van der Waals surface area contributed by atoms with Crippen LogP contribution < -0.4 is 5.73 Å². The molecule has 5 nitrogen and oxygen atoms in total. The van der Waals surface area contributed by atoms with Crippen LogP contribution in [0.2, 0.25) is 0 Å². The molecule has 0 unspecified atom stereocenters. The van der Waals surface area contributed by atoms with E-state index in [-0.39, 0.29) is 6.61 Å². The van der Waals surface area contributed by atoms with Crippen molar-refractivity contribution >= 4 is 0 Å². The van der Waals surface area contributed by atoms with E-state index in [2.05, 4.69) is 4.74 Å². The van der Waals surface area contributed by atoms with Gasteiger partial charge >= 0.3 is 0 Å². The highest BCUT2D eigenvalue weighted by molar-refractivity contribution is 4.88. The molecular weight excluding hydrogens is 138 g/mol. The van der Waals surface area contributed by atoms with Crippen LogP contribution in [0.15, 0.2) is 0 Å². The molecule has 0 radical (unpaired) electrons. The predicted molar refractivity (Wildman–Crippen MR) is 31.9 cm³/mol. The minimum absolute atomic E-state index is 0.327. The molecule has 0 aromatic heterocycles. The van der Waals surface area contributed by atoms with E-state index in [1.807, 2.05) is 0 Å². The van der Waals surface area contributed by atoms with Crippen molar-refractivity contribution in [3.63, 3.8) is 0 Å². The third-order valence-electron chi connectivity index (χ3n) is 1.60. The number of ether oxygens (including phenoxy) is 1. The first-order chi connectivity index (χ1) is 4.66.